The van der Waals surface area contributed by atoms with E-state index >= 15 is 0 Å². The highest BCUT2D eigenvalue weighted by molar-refractivity contribution is 6.15. The van der Waals surface area contributed by atoms with Crippen LogP contribution in [0.3, 0.4) is 0 Å². The number of Topliss-reactive ketones (excluding diaryl/α,β-unsaturated/α-hetero) is 1. The Hall–Kier alpha value is -4.85. The molecule has 5 rings (SSSR count). The summed E-state index contributed by atoms with van der Waals surface area (Å²) in [5.74, 6) is -1.14. The number of phenolic OH excluding ortho intramolecular Hbond substituents is 1. The van der Waals surface area contributed by atoms with Crippen molar-refractivity contribution in [3.8, 4) is 23.0 Å². The number of pyridine rings is 1. The molecule has 1 atom stereocenters. The second kappa shape index (κ2) is 9.66. The van der Waals surface area contributed by atoms with E-state index in [4.69, 9.17) is 14.2 Å². The predicted molar refractivity (Wildman–Crippen MR) is 136 cm³/mol. The maximum absolute atomic E-state index is 13.3. The third-order valence-electron chi connectivity index (χ3n) is 6.34. The first-order chi connectivity index (χ1) is 17.9. The van der Waals surface area contributed by atoms with Crippen molar-refractivity contribution in [1.82, 2.24) is 4.98 Å². The van der Waals surface area contributed by atoms with E-state index < -0.39 is 11.9 Å². The van der Waals surface area contributed by atoms with Gasteiger partial charge in [0.2, 0.25) is 5.78 Å². The van der Waals surface area contributed by atoms with Crippen LogP contribution >= 0.6 is 0 Å². The van der Waals surface area contributed by atoms with Crippen LogP contribution in [0.1, 0.15) is 39.4 Å². The number of rotatable bonds is 7. The molecule has 0 aliphatic carbocycles. The van der Waals surface area contributed by atoms with Gasteiger partial charge in [-0.2, -0.15) is 0 Å². The van der Waals surface area contributed by atoms with Crippen LogP contribution in [0.2, 0.25) is 0 Å². The van der Waals surface area contributed by atoms with Crippen LogP contribution in [0.4, 0.5) is 0 Å². The SMILES string of the molecule is COc1ccc(/C=C2\Oc3c(ccc(O)c3[C@H](CC(=O)O)c3ccc4ncccc4c3)C2=O)c(OC)c1. The van der Waals surface area contributed by atoms with Crippen molar-refractivity contribution in [2.24, 2.45) is 0 Å². The van der Waals surface area contributed by atoms with Crippen molar-refractivity contribution in [3.63, 3.8) is 0 Å². The van der Waals surface area contributed by atoms with E-state index in [2.05, 4.69) is 4.98 Å². The zero-order valence-corrected chi connectivity index (χ0v) is 20.1. The fourth-order valence-corrected chi connectivity index (χ4v) is 4.55. The highest BCUT2D eigenvalue weighted by Gasteiger charge is 2.35. The third-order valence-corrected chi connectivity index (χ3v) is 6.34. The Kier molecular flexibility index (Phi) is 6.23. The minimum atomic E-state index is -1.06. The molecule has 1 aliphatic rings. The highest BCUT2D eigenvalue weighted by Crippen LogP contribution is 2.47. The Balaban J connectivity index is 1.61. The van der Waals surface area contributed by atoms with E-state index in [1.807, 2.05) is 12.1 Å². The molecule has 0 fully saturated rings. The molecule has 0 bridgehead atoms. The molecular formula is C29H23NO7. The number of phenols is 1. The lowest BCUT2D eigenvalue weighted by molar-refractivity contribution is -0.137. The van der Waals surface area contributed by atoms with Crippen LogP contribution in [0.25, 0.3) is 17.0 Å². The predicted octanol–water partition coefficient (Wildman–Crippen LogP) is 5.18. The molecule has 0 radical (unpaired) electrons. The standard InChI is InChI=1S/C29H23NO7/c1-35-19-7-5-18(24(14-19)36-2)13-25-28(34)20-8-10-23(31)27(29(20)37-25)21(15-26(32)33)16-6-9-22-17(12-16)4-3-11-30-22/h3-14,21,31H,15H2,1-2H3,(H,32,33)/b25-13-/t21-/m1/s1. The van der Waals surface area contributed by atoms with Gasteiger partial charge in [-0.1, -0.05) is 12.1 Å². The summed E-state index contributed by atoms with van der Waals surface area (Å²) in [4.78, 5) is 29.5. The molecule has 2 N–H and O–H groups in total. The smallest absolute Gasteiger partial charge is 0.304 e. The molecular weight excluding hydrogens is 474 g/mol. The van der Waals surface area contributed by atoms with Crippen molar-refractivity contribution < 1.29 is 34.0 Å². The number of nitrogens with zero attached hydrogens (tertiary/aromatic N) is 1. The third kappa shape index (κ3) is 4.45. The highest BCUT2D eigenvalue weighted by atomic mass is 16.5. The number of aromatic nitrogens is 1. The summed E-state index contributed by atoms with van der Waals surface area (Å²) in [7, 11) is 3.05. The minimum absolute atomic E-state index is 0.0297. The zero-order chi connectivity index (χ0) is 26.1. The number of carbonyl (C=O) groups excluding carboxylic acids is 1. The fraction of sp³-hybridized carbons (Fsp3) is 0.138. The van der Waals surface area contributed by atoms with Gasteiger partial charge in [0.25, 0.3) is 0 Å². The first kappa shape index (κ1) is 23.9. The van der Waals surface area contributed by atoms with E-state index in [0.29, 0.717) is 22.6 Å². The van der Waals surface area contributed by atoms with Gasteiger partial charge in [0, 0.05) is 34.7 Å². The summed E-state index contributed by atoms with van der Waals surface area (Å²) < 4.78 is 16.7. The Morgan fingerprint density at radius 2 is 1.92 bits per heavy atom. The number of carbonyl (C=O) groups is 2. The number of ether oxygens (including phenoxy) is 3. The molecule has 1 aliphatic heterocycles. The minimum Gasteiger partial charge on any atom is -0.508 e. The lowest BCUT2D eigenvalue weighted by atomic mass is 9.85. The van der Waals surface area contributed by atoms with E-state index in [1.54, 1.807) is 55.8 Å². The van der Waals surface area contributed by atoms with Crippen LogP contribution in [-0.4, -0.2) is 41.2 Å². The van der Waals surface area contributed by atoms with Gasteiger partial charge in [-0.25, -0.2) is 0 Å². The van der Waals surface area contributed by atoms with Gasteiger partial charge in [-0.3, -0.25) is 14.6 Å². The van der Waals surface area contributed by atoms with Crippen LogP contribution in [0, 0.1) is 0 Å². The molecule has 0 spiro atoms. The van der Waals surface area contributed by atoms with Gasteiger partial charge < -0.3 is 24.4 Å². The summed E-state index contributed by atoms with van der Waals surface area (Å²) in [6.07, 6.45) is 2.91. The van der Waals surface area contributed by atoms with Gasteiger partial charge in [0.1, 0.15) is 23.0 Å². The summed E-state index contributed by atoms with van der Waals surface area (Å²) in [6.45, 7) is 0. The Morgan fingerprint density at radius 1 is 1.08 bits per heavy atom. The quantitative estimate of drug-likeness (QED) is 0.336. The number of hydrogen-bond donors (Lipinski definition) is 2. The van der Waals surface area contributed by atoms with Crippen LogP contribution < -0.4 is 14.2 Å². The first-order valence-corrected chi connectivity index (χ1v) is 11.5. The summed E-state index contributed by atoms with van der Waals surface area (Å²) in [5, 5.41) is 21.4. The van der Waals surface area contributed by atoms with E-state index in [-0.39, 0.29) is 40.6 Å². The molecule has 0 amide bonds. The summed E-state index contributed by atoms with van der Waals surface area (Å²) in [5.41, 5.74) is 2.48. The molecule has 8 nitrogen and oxygen atoms in total. The molecule has 0 unspecified atom stereocenters. The molecule has 4 aromatic rings. The maximum Gasteiger partial charge on any atom is 0.304 e. The summed E-state index contributed by atoms with van der Waals surface area (Å²) in [6, 6.07) is 17.1. The number of benzene rings is 3. The number of hydrogen-bond acceptors (Lipinski definition) is 7. The van der Waals surface area contributed by atoms with Gasteiger partial charge in [-0.05, 0) is 54.1 Å². The Labute approximate surface area is 212 Å². The average molecular weight is 498 g/mol. The molecule has 0 saturated heterocycles. The van der Waals surface area contributed by atoms with E-state index in [9.17, 15) is 19.8 Å². The number of ketones is 1. The molecule has 186 valence electrons. The van der Waals surface area contributed by atoms with Crippen molar-refractivity contribution in [3.05, 3.63) is 94.9 Å². The Morgan fingerprint density at radius 3 is 2.68 bits per heavy atom. The van der Waals surface area contributed by atoms with E-state index in [1.165, 1.54) is 19.2 Å². The number of methoxy groups -OCH3 is 2. The molecule has 3 aromatic carbocycles. The van der Waals surface area contributed by atoms with Crippen LogP contribution in [-0.2, 0) is 4.79 Å². The van der Waals surface area contributed by atoms with E-state index in [0.717, 1.165) is 10.9 Å². The van der Waals surface area contributed by atoms with Gasteiger partial charge in [-0.15, -0.1) is 0 Å². The number of carboxylic acid groups (broad SMARTS) is 1. The van der Waals surface area contributed by atoms with Crippen molar-refractivity contribution >= 4 is 28.7 Å². The largest absolute Gasteiger partial charge is 0.508 e. The summed E-state index contributed by atoms with van der Waals surface area (Å²) >= 11 is 0. The van der Waals surface area contributed by atoms with Crippen LogP contribution in [0.5, 0.6) is 23.0 Å². The molecule has 2 heterocycles. The first-order valence-electron chi connectivity index (χ1n) is 11.5. The van der Waals surface area contributed by atoms with Crippen molar-refractivity contribution in [2.45, 2.75) is 12.3 Å². The molecule has 37 heavy (non-hydrogen) atoms. The van der Waals surface area contributed by atoms with Gasteiger partial charge in [0.15, 0.2) is 5.76 Å². The van der Waals surface area contributed by atoms with Crippen LogP contribution in [0.15, 0.2) is 72.6 Å². The normalized spacial score (nSPS) is 14.3. The second-order valence-electron chi connectivity index (χ2n) is 8.53. The number of aliphatic carboxylic acids is 1. The van der Waals surface area contributed by atoms with Crippen molar-refractivity contribution in [1.29, 1.82) is 0 Å². The second-order valence-corrected chi connectivity index (χ2v) is 8.53. The molecule has 0 saturated carbocycles. The van der Waals surface area contributed by atoms with Gasteiger partial charge in [0.05, 0.1) is 31.7 Å². The topological polar surface area (TPSA) is 115 Å². The zero-order valence-electron chi connectivity index (χ0n) is 20.1. The maximum atomic E-state index is 13.3. The number of carboxylic acids is 1. The van der Waals surface area contributed by atoms with Gasteiger partial charge >= 0.3 is 5.97 Å². The monoisotopic (exact) mass is 497 g/mol. The lowest BCUT2D eigenvalue weighted by Crippen LogP contribution is -2.09. The fourth-order valence-electron chi connectivity index (χ4n) is 4.55. The molecule has 8 heteroatoms. The van der Waals surface area contributed by atoms with Crippen molar-refractivity contribution in [2.75, 3.05) is 14.2 Å². The molecule has 1 aromatic heterocycles. The average Bonchev–Trinajstić information content (AvgIpc) is 3.22. The number of fused-ring (bicyclic) bond motifs is 2. The number of allylic oxidation sites excluding steroid dienone is 1. The Bertz CT molecular complexity index is 1570. The lowest BCUT2D eigenvalue weighted by Gasteiger charge is -2.20. The number of aromatic hydroxyl groups is 1.